The lowest BCUT2D eigenvalue weighted by Crippen LogP contribution is -2.48. The minimum atomic E-state index is -0.496. The molecule has 10 N–H and O–H groups in total. The van der Waals surface area contributed by atoms with E-state index in [0.717, 1.165) is 81.6 Å². The summed E-state index contributed by atoms with van der Waals surface area (Å²) >= 11 is 5.69. The lowest BCUT2D eigenvalue weighted by molar-refractivity contribution is -0.127. The maximum Gasteiger partial charge on any atom is 0.410 e. The number of benzene rings is 3. The van der Waals surface area contributed by atoms with E-state index in [4.69, 9.17) is 16.3 Å². The highest BCUT2D eigenvalue weighted by Crippen LogP contribution is 2.29. The molecule has 115 heavy (non-hydrogen) atoms. The van der Waals surface area contributed by atoms with E-state index in [-0.39, 0.29) is 95.5 Å². The molecule has 3 saturated heterocycles. The number of likely N-dealkylation sites (tertiary alicyclic amines) is 2. The zero-order valence-electron chi connectivity index (χ0n) is 76.0. The summed E-state index contributed by atoms with van der Waals surface area (Å²) in [7, 11) is 2.19. The highest BCUT2D eigenvalue weighted by Gasteiger charge is 2.32. The van der Waals surface area contributed by atoms with Crippen LogP contribution in [0.2, 0.25) is 5.02 Å². The zero-order valence-corrected chi connectivity index (χ0v) is 76.8. The average Bonchev–Trinajstić information content (AvgIpc) is 1.20. The molecule has 2 aliphatic carbocycles. The fourth-order valence-corrected chi connectivity index (χ4v) is 12.6. The van der Waals surface area contributed by atoms with E-state index in [9.17, 15) is 38.4 Å². The summed E-state index contributed by atoms with van der Waals surface area (Å²) < 4.78 is 5.34. The van der Waals surface area contributed by atoms with Gasteiger partial charge in [0.25, 0.3) is 11.8 Å². The first-order chi connectivity index (χ1) is 53.8. The molecular weight excluding hydrogens is 1460 g/mol. The molecule has 3 aliphatic heterocycles. The van der Waals surface area contributed by atoms with Gasteiger partial charge in [-0.1, -0.05) is 107 Å². The molecule has 654 valence electrons. The number of nitrogens with one attached hydrogen (secondary N) is 10. The Bertz CT molecular complexity index is 3140. The topological polar surface area (TPSA) is 273 Å². The van der Waals surface area contributed by atoms with Crippen LogP contribution in [0.15, 0.2) is 109 Å². The molecule has 2 atom stereocenters. The van der Waals surface area contributed by atoms with E-state index in [2.05, 4.69) is 127 Å². The third-order valence-corrected chi connectivity index (χ3v) is 18.7. The van der Waals surface area contributed by atoms with E-state index in [0.29, 0.717) is 77.5 Å². The molecule has 2 unspecified atom stereocenters. The van der Waals surface area contributed by atoms with Gasteiger partial charge < -0.3 is 67.7 Å². The molecule has 0 spiro atoms. The standard InChI is InChI=1S/C14H26N2O3.C11H22N2.C11H21NO.C11H15NO.C10H12ClNO.C10H13NO.C9H18N2O.C9H17NO.C8H17N/c1-10(2)15-12(17)11-7-6-8-16(9-11)13(18)19-14(3,4)5;1-9(2)12-10(3)11-5-7-13(4)8-6-11;1-8(2)12-11(13)10-6-4-9(3)5-7-10;1-9(2)12-11(13)8-10-6-4-3-5-7-10;1-7(2)12-10(13)8-3-5-9(11)6-4-8;1-8(2)11-10(12)9-6-4-3-5-7-9;1-7(2)11-9(12)8-4-3-5-10-6-8;1-7(2)10-9(11)8-5-3-4-6-8;1-6(2)8(5)9-7(3)4/h10-11H,6-9H2,1-5H3,(H,15,17);9,11-12H,3,5-8H2,1-2,4H3;8-10H,4-7H2,1-3H3,(H,12,13);3-7,9H,8H2,1-2H3,(H,12,13);3-7H,1-2H3,(H,12,13);3-8H,1-2H3,(H,11,12);7-8,10H,3-6H2,1-2H3,(H,11,12);7-8H,3-6H2,1-2H3,(H,10,11);6-7,9H,5H2,1-4H3. The second-order valence-corrected chi connectivity index (χ2v) is 35.7. The van der Waals surface area contributed by atoms with Crippen LogP contribution < -0.4 is 53.2 Å². The average molecular weight is 1630 g/mol. The van der Waals surface area contributed by atoms with Crippen molar-refractivity contribution in [3.63, 3.8) is 0 Å². The van der Waals surface area contributed by atoms with Crippen LogP contribution >= 0.6 is 11.6 Å². The quantitative estimate of drug-likeness (QED) is 0.0476. The lowest BCUT2D eigenvalue weighted by atomic mass is 9.82. The van der Waals surface area contributed by atoms with Crippen LogP contribution in [-0.4, -0.2) is 164 Å². The molecule has 2 saturated carbocycles. The van der Waals surface area contributed by atoms with Crippen molar-refractivity contribution >= 4 is 59.0 Å². The maximum atomic E-state index is 12.0. The number of nitrogens with zero attached hydrogens (tertiary/aromatic N) is 2. The first kappa shape index (κ1) is 108. The monoisotopic (exact) mass is 1630 g/mol. The van der Waals surface area contributed by atoms with Crippen LogP contribution in [0.25, 0.3) is 0 Å². The number of rotatable bonds is 21. The minimum absolute atomic E-state index is 0.00870. The SMILES string of the molecule is C=C(NC(C)C)C(C)C.C=C(NC(C)C)C1CCN(C)CC1.CC(C)NC(=O)C1CCCC1.CC(C)NC(=O)C1CCCN(C(=O)OC(C)(C)C)C1.CC(C)NC(=O)C1CCCNC1.CC(C)NC(=O)Cc1ccccc1.CC(C)NC(=O)c1ccc(Cl)cc1.CC(C)NC(=O)c1ccccc1.CC1CCC(C(=O)NC(C)C)CC1. The second-order valence-electron chi connectivity index (χ2n) is 35.3. The number of carbonyl (C=O) groups excluding carboxylic acids is 8. The molecule has 8 rings (SSSR count). The van der Waals surface area contributed by atoms with Crippen molar-refractivity contribution in [2.45, 2.75) is 322 Å². The number of piperidine rings is 3. The molecule has 5 aliphatic rings. The summed E-state index contributed by atoms with van der Waals surface area (Å²) in [5, 5.41) is 30.8. The summed E-state index contributed by atoms with van der Waals surface area (Å²) in [5.41, 5.74) is 4.28. The van der Waals surface area contributed by atoms with Crippen LogP contribution in [0.3, 0.4) is 0 Å². The fourth-order valence-electron chi connectivity index (χ4n) is 12.5. The molecule has 8 amide bonds. The number of allylic oxidation sites excluding steroid dienone is 2. The van der Waals surface area contributed by atoms with Gasteiger partial charge in [0.2, 0.25) is 29.5 Å². The highest BCUT2D eigenvalue weighted by molar-refractivity contribution is 6.30. The number of amides is 8. The normalized spacial score (nSPS) is 17.4. The molecule has 21 nitrogen and oxygen atoms in total. The Hall–Kier alpha value is -7.49. The summed E-state index contributed by atoms with van der Waals surface area (Å²) in [4.78, 5) is 96.4. The van der Waals surface area contributed by atoms with E-state index in [1.165, 1.54) is 57.3 Å². The van der Waals surface area contributed by atoms with E-state index in [1.807, 2.05) is 166 Å². The van der Waals surface area contributed by atoms with Crippen molar-refractivity contribution in [2.75, 3.05) is 46.3 Å². The number of halogens is 1. The van der Waals surface area contributed by atoms with E-state index in [1.54, 1.807) is 41.3 Å². The first-order valence-electron chi connectivity index (χ1n) is 43.0. The zero-order chi connectivity index (χ0) is 87.5. The summed E-state index contributed by atoms with van der Waals surface area (Å²) in [6, 6.07) is 28.4. The van der Waals surface area contributed by atoms with Crippen molar-refractivity contribution in [1.82, 2.24) is 63.0 Å². The maximum absolute atomic E-state index is 12.0. The number of hydrogen-bond donors (Lipinski definition) is 10. The molecule has 3 heterocycles. The Morgan fingerprint density at radius 2 is 0.835 bits per heavy atom. The van der Waals surface area contributed by atoms with Gasteiger partial charge in [-0.05, 0) is 303 Å². The molecule has 0 aromatic heterocycles. The predicted octanol–water partition coefficient (Wildman–Crippen LogP) is 16.8. The Morgan fingerprint density at radius 3 is 1.23 bits per heavy atom. The predicted molar refractivity (Wildman–Crippen MR) is 479 cm³/mol. The minimum Gasteiger partial charge on any atom is -0.444 e. The van der Waals surface area contributed by atoms with Gasteiger partial charge in [-0.3, -0.25) is 33.6 Å². The van der Waals surface area contributed by atoms with E-state index >= 15 is 0 Å². The largest absolute Gasteiger partial charge is 0.444 e. The molecule has 3 aromatic carbocycles. The molecule has 5 fully saturated rings. The molecule has 22 heteroatoms. The molecule has 0 bridgehead atoms. The van der Waals surface area contributed by atoms with Crippen LogP contribution in [0.4, 0.5) is 4.79 Å². The summed E-state index contributed by atoms with van der Waals surface area (Å²) in [6.45, 7) is 61.7. The van der Waals surface area contributed by atoms with Crippen LogP contribution in [0.1, 0.15) is 282 Å². The molecule has 0 radical (unpaired) electrons. The van der Waals surface area contributed by atoms with Crippen LogP contribution in [-0.2, 0) is 35.1 Å². The Morgan fingerprint density at radius 1 is 0.443 bits per heavy atom. The summed E-state index contributed by atoms with van der Waals surface area (Å²) in [5.74, 6) is 3.52. The van der Waals surface area contributed by atoms with Gasteiger partial charge in [-0.2, -0.15) is 0 Å². The molecule has 3 aromatic rings. The Labute approximate surface area is 702 Å². The van der Waals surface area contributed by atoms with Crippen molar-refractivity contribution in [1.29, 1.82) is 0 Å². The van der Waals surface area contributed by atoms with Gasteiger partial charge in [-0.15, -0.1) is 0 Å². The van der Waals surface area contributed by atoms with Gasteiger partial charge in [0.15, 0.2) is 0 Å². The first-order valence-corrected chi connectivity index (χ1v) is 43.4. The number of ether oxygens (including phenoxy) is 1. The lowest BCUT2D eigenvalue weighted by Gasteiger charge is -2.33. The third-order valence-electron chi connectivity index (χ3n) is 18.4. The van der Waals surface area contributed by atoms with Crippen molar-refractivity contribution in [3.05, 3.63) is 131 Å². The van der Waals surface area contributed by atoms with Crippen molar-refractivity contribution < 1.29 is 43.1 Å². The third kappa shape index (κ3) is 55.7. The highest BCUT2D eigenvalue weighted by atomic mass is 35.5. The van der Waals surface area contributed by atoms with E-state index < -0.39 is 5.60 Å². The number of hydrogen-bond acceptors (Lipinski definition) is 13. The Balaban J connectivity index is 0.00000128. The molecular formula is C93H161ClN12O9. The van der Waals surface area contributed by atoms with Gasteiger partial charge in [0.1, 0.15) is 5.60 Å². The van der Waals surface area contributed by atoms with Gasteiger partial charge >= 0.3 is 6.09 Å². The second kappa shape index (κ2) is 60.1. The van der Waals surface area contributed by atoms with Crippen molar-refractivity contribution in [2.24, 2.45) is 41.4 Å². The van der Waals surface area contributed by atoms with Crippen LogP contribution in [0.5, 0.6) is 0 Å². The van der Waals surface area contributed by atoms with Crippen molar-refractivity contribution in [3.8, 4) is 0 Å². The van der Waals surface area contributed by atoms with Gasteiger partial charge in [0.05, 0.1) is 18.3 Å². The fraction of sp³-hybridized carbons (Fsp3) is 0.677. The number of carbonyl (C=O) groups is 8. The van der Waals surface area contributed by atoms with Gasteiger partial charge in [0, 0.05) is 119 Å². The summed E-state index contributed by atoms with van der Waals surface area (Å²) in [6.07, 6.45) is 15.8. The van der Waals surface area contributed by atoms with Gasteiger partial charge in [-0.25, -0.2) is 4.79 Å². The van der Waals surface area contributed by atoms with Crippen LogP contribution in [0, 0.1) is 41.4 Å². The Kier molecular flexibility index (Phi) is 56.1. The smallest absolute Gasteiger partial charge is 0.410 e.